The monoisotopic (exact) mass is 335 g/mol. The highest BCUT2D eigenvalue weighted by atomic mass is 79.9. The molecular formula is C16H15BrClN. The topological polar surface area (TPSA) is 12.0 Å². The Balaban J connectivity index is 1.84. The van der Waals surface area contributed by atoms with Crippen molar-refractivity contribution < 1.29 is 0 Å². The SMILES string of the molecule is Clc1cc(NC(c2ccccc2)C2CC2)ccc1Br. The first-order chi connectivity index (χ1) is 9.24. The summed E-state index contributed by atoms with van der Waals surface area (Å²) in [6, 6.07) is 17.1. The van der Waals surface area contributed by atoms with Gasteiger partial charge in [0.2, 0.25) is 0 Å². The minimum absolute atomic E-state index is 0.387. The molecule has 98 valence electrons. The minimum Gasteiger partial charge on any atom is -0.378 e. The number of anilines is 1. The van der Waals surface area contributed by atoms with Gasteiger partial charge < -0.3 is 5.32 Å². The van der Waals surface area contributed by atoms with Gasteiger partial charge in [-0.05, 0) is 58.5 Å². The molecular weight excluding hydrogens is 322 g/mol. The number of hydrogen-bond acceptors (Lipinski definition) is 1. The van der Waals surface area contributed by atoms with Crippen molar-refractivity contribution in [1.29, 1.82) is 0 Å². The molecule has 0 saturated heterocycles. The molecule has 1 aliphatic rings. The van der Waals surface area contributed by atoms with E-state index in [0.717, 1.165) is 21.1 Å². The first kappa shape index (κ1) is 13.0. The third kappa shape index (κ3) is 3.13. The first-order valence-electron chi connectivity index (χ1n) is 6.50. The fraction of sp³-hybridized carbons (Fsp3) is 0.250. The summed E-state index contributed by atoms with van der Waals surface area (Å²) in [6.07, 6.45) is 2.60. The zero-order valence-corrected chi connectivity index (χ0v) is 12.8. The Kier molecular flexibility index (Phi) is 3.81. The van der Waals surface area contributed by atoms with Gasteiger partial charge in [0.1, 0.15) is 0 Å². The van der Waals surface area contributed by atoms with Crippen LogP contribution in [0.1, 0.15) is 24.4 Å². The Morgan fingerprint density at radius 2 is 1.84 bits per heavy atom. The molecule has 1 unspecified atom stereocenters. The van der Waals surface area contributed by atoms with E-state index in [-0.39, 0.29) is 0 Å². The van der Waals surface area contributed by atoms with E-state index in [1.807, 2.05) is 12.1 Å². The summed E-state index contributed by atoms with van der Waals surface area (Å²) >= 11 is 9.57. The molecule has 2 aromatic carbocycles. The van der Waals surface area contributed by atoms with Crippen molar-refractivity contribution in [1.82, 2.24) is 0 Å². The molecule has 2 aromatic rings. The number of benzene rings is 2. The summed E-state index contributed by atoms with van der Waals surface area (Å²) in [7, 11) is 0. The smallest absolute Gasteiger partial charge is 0.0568 e. The van der Waals surface area contributed by atoms with Crippen molar-refractivity contribution in [2.24, 2.45) is 5.92 Å². The molecule has 0 heterocycles. The van der Waals surface area contributed by atoms with Crippen molar-refractivity contribution in [3.05, 3.63) is 63.6 Å². The van der Waals surface area contributed by atoms with Crippen LogP contribution in [0.4, 0.5) is 5.69 Å². The normalized spacial score (nSPS) is 16.1. The van der Waals surface area contributed by atoms with Gasteiger partial charge in [-0.3, -0.25) is 0 Å². The van der Waals surface area contributed by atoms with Crippen molar-refractivity contribution in [2.45, 2.75) is 18.9 Å². The van der Waals surface area contributed by atoms with Gasteiger partial charge in [0.15, 0.2) is 0 Å². The maximum Gasteiger partial charge on any atom is 0.0568 e. The van der Waals surface area contributed by atoms with E-state index >= 15 is 0 Å². The quantitative estimate of drug-likeness (QED) is 0.759. The maximum absolute atomic E-state index is 6.15. The van der Waals surface area contributed by atoms with Gasteiger partial charge in [-0.1, -0.05) is 41.9 Å². The van der Waals surface area contributed by atoms with E-state index in [1.165, 1.54) is 18.4 Å². The summed E-state index contributed by atoms with van der Waals surface area (Å²) in [4.78, 5) is 0. The summed E-state index contributed by atoms with van der Waals surface area (Å²) in [5.74, 6) is 0.741. The lowest BCUT2D eigenvalue weighted by Gasteiger charge is -2.20. The standard InChI is InChI=1S/C16H15BrClN/c17-14-9-8-13(10-15(14)18)19-16(12-6-7-12)11-4-2-1-3-5-11/h1-5,8-10,12,16,19H,6-7H2. The number of rotatable bonds is 4. The largest absolute Gasteiger partial charge is 0.378 e. The summed E-state index contributed by atoms with van der Waals surface area (Å²) in [6.45, 7) is 0. The van der Waals surface area contributed by atoms with E-state index in [1.54, 1.807) is 0 Å². The van der Waals surface area contributed by atoms with Crippen LogP contribution >= 0.6 is 27.5 Å². The van der Waals surface area contributed by atoms with Gasteiger partial charge in [-0.2, -0.15) is 0 Å². The molecule has 0 aliphatic heterocycles. The third-order valence-corrected chi connectivity index (χ3v) is 4.73. The predicted octanol–water partition coefficient (Wildman–Crippen LogP) is 5.67. The highest BCUT2D eigenvalue weighted by Crippen LogP contribution is 2.43. The van der Waals surface area contributed by atoms with Gasteiger partial charge in [-0.15, -0.1) is 0 Å². The Bertz CT molecular complexity index is 566. The van der Waals surface area contributed by atoms with E-state index in [4.69, 9.17) is 11.6 Å². The molecule has 0 amide bonds. The average molecular weight is 337 g/mol. The number of hydrogen-bond donors (Lipinski definition) is 1. The lowest BCUT2D eigenvalue weighted by atomic mass is 10.0. The zero-order chi connectivity index (χ0) is 13.2. The lowest BCUT2D eigenvalue weighted by molar-refractivity contribution is 0.679. The summed E-state index contributed by atoms with van der Waals surface area (Å²) < 4.78 is 0.933. The summed E-state index contributed by atoms with van der Waals surface area (Å²) in [5.41, 5.74) is 2.43. The Labute approximate surface area is 127 Å². The van der Waals surface area contributed by atoms with Crippen molar-refractivity contribution >= 4 is 33.2 Å². The Morgan fingerprint density at radius 1 is 1.11 bits per heavy atom. The molecule has 1 fully saturated rings. The van der Waals surface area contributed by atoms with Gasteiger partial charge in [0, 0.05) is 10.2 Å². The van der Waals surface area contributed by atoms with E-state index in [9.17, 15) is 0 Å². The van der Waals surface area contributed by atoms with Crippen molar-refractivity contribution in [3.8, 4) is 0 Å². The van der Waals surface area contributed by atoms with Crippen LogP contribution in [0.5, 0.6) is 0 Å². The molecule has 1 atom stereocenters. The van der Waals surface area contributed by atoms with Crippen LogP contribution in [0, 0.1) is 5.92 Å². The van der Waals surface area contributed by atoms with Crippen LogP contribution < -0.4 is 5.32 Å². The van der Waals surface area contributed by atoms with Gasteiger partial charge in [0.25, 0.3) is 0 Å². The van der Waals surface area contributed by atoms with E-state index in [2.05, 4.69) is 57.6 Å². The second-order valence-corrected chi connectivity index (χ2v) is 6.26. The molecule has 3 rings (SSSR count). The Hall–Kier alpha value is -0.990. The molecule has 1 saturated carbocycles. The molecule has 1 aliphatic carbocycles. The zero-order valence-electron chi connectivity index (χ0n) is 10.4. The van der Waals surface area contributed by atoms with Crippen LogP contribution in [0.15, 0.2) is 53.0 Å². The fourth-order valence-electron chi connectivity index (χ4n) is 2.33. The minimum atomic E-state index is 0.387. The summed E-state index contributed by atoms with van der Waals surface area (Å²) in [5, 5.41) is 4.36. The molecule has 0 aromatic heterocycles. The van der Waals surface area contributed by atoms with E-state index < -0.39 is 0 Å². The third-order valence-electron chi connectivity index (χ3n) is 3.49. The molecule has 1 N–H and O–H groups in total. The maximum atomic E-state index is 6.15. The van der Waals surface area contributed by atoms with Crippen molar-refractivity contribution in [3.63, 3.8) is 0 Å². The lowest BCUT2D eigenvalue weighted by Crippen LogP contribution is -2.12. The highest BCUT2D eigenvalue weighted by Gasteiger charge is 2.32. The van der Waals surface area contributed by atoms with Gasteiger partial charge >= 0.3 is 0 Å². The molecule has 1 nitrogen and oxygen atoms in total. The van der Waals surface area contributed by atoms with Crippen LogP contribution in [0.2, 0.25) is 5.02 Å². The highest BCUT2D eigenvalue weighted by molar-refractivity contribution is 9.10. The number of halogens is 2. The molecule has 0 radical (unpaired) electrons. The van der Waals surface area contributed by atoms with Crippen LogP contribution in [-0.2, 0) is 0 Å². The predicted molar refractivity (Wildman–Crippen MR) is 84.7 cm³/mol. The second kappa shape index (κ2) is 5.56. The van der Waals surface area contributed by atoms with Crippen LogP contribution in [-0.4, -0.2) is 0 Å². The first-order valence-corrected chi connectivity index (χ1v) is 7.67. The van der Waals surface area contributed by atoms with Gasteiger partial charge in [-0.25, -0.2) is 0 Å². The average Bonchev–Trinajstić information content (AvgIpc) is 3.25. The molecule has 0 bridgehead atoms. The van der Waals surface area contributed by atoms with E-state index in [0.29, 0.717) is 6.04 Å². The van der Waals surface area contributed by atoms with Crippen molar-refractivity contribution in [2.75, 3.05) is 5.32 Å². The molecule has 0 spiro atoms. The second-order valence-electron chi connectivity index (χ2n) is 5.00. The Morgan fingerprint density at radius 3 is 2.47 bits per heavy atom. The molecule has 19 heavy (non-hydrogen) atoms. The van der Waals surface area contributed by atoms with Gasteiger partial charge in [0.05, 0.1) is 11.1 Å². The van der Waals surface area contributed by atoms with Crippen LogP contribution in [0.3, 0.4) is 0 Å². The number of nitrogens with one attached hydrogen (secondary N) is 1. The van der Waals surface area contributed by atoms with Crippen LogP contribution in [0.25, 0.3) is 0 Å². The molecule has 3 heteroatoms. The fourth-order valence-corrected chi connectivity index (χ4v) is 2.76.